The van der Waals surface area contributed by atoms with Crippen LogP contribution >= 0.6 is 11.3 Å². The normalized spacial score (nSPS) is 12.2. The molecule has 0 saturated heterocycles. The molecule has 3 aromatic heterocycles. The van der Waals surface area contributed by atoms with Gasteiger partial charge in [-0.3, -0.25) is 4.68 Å². The van der Waals surface area contributed by atoms with Crippen LogP contribution in [0.4, 0.5) is 5.82 Å². The molecule has 0 aliphatic rings. The topological polar surface area (TPSA) is 55.6 Å². The average Bonchev–Trinajstić information content (AvgIpc) is 3.41. The minimum atomic E-state index is 0.0955. The Hall–Kier alpha value is -3.51. The number of anilines is 1. The van der Waals surface area contributed by atoms with E-state index in [1.807, 2.05) is 37.1 Å². The molecule has 5 nitrogen and oxygen atoms in total. The second-order valence-electron chi connectivity index (χ2n) is 7.75. The Bertz CT molecular complexity index is 1370. The zero-order chi connectivity index (χ0) is 21.4. The summed E-state index contributed by atoms with van der Waals surface area (Å²) < 4.78 is 3.11. The van der Waals surface area contributed by atoms with Gasteiger partial charge in [-0.05, 0) is 60.0 Å². The molecule has 5 rings (SSSR count). The number of thiophene rings is 1. The van der Waals surface area contributed by atoms with Crippen molar-refractivity contribution in [3.05, 3.63) is 83.8 Å². The summed E-state index contributed by atoms with van der Waals surface area (Å²) in [5, 5.41) is 11.2. The molecule has 6 heteroatoms. The Morgan fingerprint density at radius 3 is 2.71 bits per heavy atom. The van der Waals surface area contributed by atoms with Crippen LogP contribution in [0.1, 0.15) is 24.4 Å². The van der Waals surface area contributed by atoms with Crippen molar-refractivity contribution in [3.8, 4) is 22.4 Å². The van der Waals surface area contributed by atoms with E-state index in [1.165, 1.54) is 15.6 Å². The smallest absolute Gasteiger partial charge is 0.130 e. The first-order chi connectivity index (χ1) is 15.0. The van der Waals surface area contributed by atoms with Crippen LogP contribution in [-0.2, 0) is 7.05 Å². The zero-order valence-electron chi connectivity index (χ0n) is 17.7. The molecule has 0 aliphatic heterocycles. The van der Waals surface area contributed by atoms with E-state index < -0.39 is 0 Å². The van der Waals surface area contributed by atoms with Gasteiger partial charge >= 0.3 is 0 Å². The number of aryl methyl sites for hydroxylation is 2. The van der Waals surface area contributed by atoms with E-state index in [4.69, 9.17) is 0 Å². The van der Waals surface area contributed by atoms with Crippen LogP contribution in [0.2, 0.25) is 0 Å². The summed E-state index contributed by atoms with van der Waals surface area (Å²) in [4.78, 5) is 9.30. The Kier molecular flexibility index (Phi) is 5.00. The third-order valence-corrected chi connectivity index (χ3v) is 6.27. The summed E-state index contributed by atoms with van der Waals surface area (Å²) >= 11 is 1.75. The minimum absolute atomic E-state index is 0.0955. The molecule has 1 atom stereocenters. The monoisotopic (exact) mass is 425 g/mol. The summed E-state index contributed by atoms with van der Waals surface area (Å²) in [6.07, 6.45) is 3.92. The van der Waals surface area contributed by atoms with Crippen molar-refractivity contribution in [1.29, 1.82) is 0 Å². The van der Waals surface area contributed by atoms with Crippen LogP contribution in [-0.4, -0.2) is 19.7 Å². The highest BCUT2D eigenvalue weighted by atomic mass is 32.1. The number of hydrogen-bond acceptors (Lipinski definition) is 5. The van der Waals surface area contributed by atoms with Crippen molar-refractivity contribution in [2.75, 3.05) is 5.32 Å². The van der Waals surface area contributed by atoms with E-state index in [1.54, 1.807) is 11.3 Å². The predicted molar refractivity (Wildman–Crippen MR) is 128 cm³/mol. The van der Waals surface area contributed by atoms with E-state index in [0.29, 0.717) is 0 Å². The van der Waals surface area contributed by atoms with Crippen molar-refractivity contribution in [1.82, 2.24) is 19.7 Å². The first-order valence-corrected chi connectivity index (χ1v) is 11.1. The molecule has 0 spiro atoms. The van der Waals surface area contributed by atoms with Gasteiger partial charge in [-0.2, -0.15) is 5.10 Å². The first kappa shape index (κ1) is 19.5. The predicted octanol–water partition coefficient (Wildman–Crippen LogP) is 6.24. The summed E-state index contributed by atoms with van der Waals surface area (Å²) in [5.74, 6) is 1.58. The Labute approximate surface area is 185 Å². The Morgan fingerprint density at radius 2 is 1.87 bits per heavy atom. The van der Waals surface area contributed by atoms with Crippen molar-refractivity contribution < 1.29 is 0 Å². The molecular formula is C25H23N5S. The van der Waals surface area contributed by atoms with Crippen molar-refractivity contribution in [2.45, 2.75) is 19.9 Å². The van der Waals surface area contributed by atoms with Crippen LogP contribution < -0.4 is 5.32 Å². The van der Waals surface area contributed by atoms with Gasteiger partial charge < -0.3 is 5.32 Å². The fourth-order valence-electron chi connectivity index (χ4n) is 3.78. The number of rotatable bonds is 5. The van der Waals surface area contributed by atoms with Crippen LogP contribution in [0.25, 0.3) is 32.5 Å². The highest BCUT2D eigenvalue weighted by Gasteiger charge is 2.11. The molecule has 2 aromatic carbocycles. The first-order valence-electron chi connectivity index (χ1n) is 10.2. The van der Waals surface area contributed by atoms with E-state index in [9.17, 15) is 0 Å². The highest BCUT2D eigenvalue weighted by Crippen LogP contribution is 2.29. The molecule has 0 amide bonds. The van der Waals surface area contributed by atoms with Gasteiger partial charge in [0.15, 0.2) is 0 Å². The maximum atomic E-state index is 4.67. The largest absolute Gasteiger partial charge is 0.363 e. The van der Waals surface area contributed by atoms with Gasteiger partial charge in [-0.1, -0.05) is 24.3 Å². The van der Waals surface area contributed by atoms with Gasteiger partial charge in [0.2, 0.25) is 0 Å². The number of nitrogens with zero attached hydrogens (tertiary/aromatic N) is 4. The second-order valence-corrected chi connectivity index (χ2v) is 8.70. The lowest BCUT2D eigenvalue weighted by atomic mass is 10.0. The highest BCUT2D eigenvalue weighted by molar-refractivity contribution is 7.17. The van der Waals surface area contributed by atoms with Gasteiger partial charge in [-0.25, -0.2) is 9.97 Å². The SMILES string of the molecule is Cc1nc(NC(C)c2cccc(-c3cnn(C)c3)c2)cc(-c2ccc3sccc3c2)n1. The maximum Gasteiger partial charge on any atom is 0.130 e. The number of aromatic nitrogens is 4. The van der Waals surface area contributed by atoms with E-state index >= 15 is 0 Å². The van der Waals surface area contributed by atoms with Crippen LogP contribution in [0.5, 0.6) is 0 Å². The third kappa shape index (κ3) is 4.07. The lowest BCUT2D eigenvalue weighted by Crippen LogP contribution is -2.09. The average molecular weight is 426 g/mol. The van der Waals surface area contributed by atoms with Crippen molar-refractivity contribution >= 4 is 27.2 Å². The van der Waals surface area contributed by atoms with Crippen molar-refractivity contribution in [3.63, 3.8) is 0 Å². The molecule has 31 heavy (non-hydrogen) atoms. The standard InChI is InChI=1S/C25H23N5S/c1-16(18-5-4-6-19(11-18)22-14-26-30(3)15-22)27-25-13-23(28-17(2)29-25)20-7-8-24-21(12-20)9-10-31-24/h4-16H,1-3H3,(H,27,28,29). The van der Waals surface area contributed by atoms with Crippen LogP contribution in [0, 0.1) is 6.92 Å². The van der Waals surface area contributed by atoms with Gasteiger partial charge in [0.1, 0.15) is 11.6 Å². The molecule has 0 radical (unpaired) electrons. The molecule has 1 unspecified atom stereocenters. The number of nitrogens with one attached hydrogen (secondary N) is 1. The van der Waals surface area contributed by atoms with Gasteiger partial charge in [-0.15, -0.1) is 11.3 Å². The minimum Gasteiger partial charge on any atom is -0.363 e. The lowest BCUT2D eigenvalue weighted by molar-refractivity contribution is 0.768. The Balaban J connectivity index is 1.42. The summed E-state index contributed by atoms with van der Waals surface area (Å²) in [6, 6.07) is 19.3. The summed E-state index contributed by atoms with van der Waals surface area (Å²) in [7, 11) is 1.93. The summed E-state index contributed by atoms with van der Waals surface area (Å²) in [6.45, 7) is 4.09. The number of fused-ring (bicyclic) bond motifs is 1. The van der Waals surface area contributed by atoms with Crippen molar-refractivity contribution in [2.24, 2.45) is 7.05 Å². The quantitative estimate of drug-likeness (QED) is 0.362. The molecule has 0 fully saturated rings. The van der Waals surface area contributed by atoms with E-state index in [-0.39, 0.29) is 6.04 Å². The van der Waals surface area contributed by atoms with Crippen LogP contribution in [0.15, 0.2) is 72.4 Å². The molecule has 0 bridgehead atoms. The number of hydrogen-bond donors (Lipinski definition) is 1. The lowest BCUT2D eigenvalue weighted by Gasteiger charge is -2.17. The molecule has 154 valence electrons. The van der Waals surface area contributed by atoms with Gasteiger partial charge in [0, 0.05) is 41.2 Å². The van der Waals surface area contributed by atoms with E-state index in [0.717, 1.165) is 34.0 Å². The fraction of sp³-hybridized carbons (Fsp3) is 0.160. The zero-order valence-corrected chi connectivity index (χ0v) is 18.5. The van der Waals surface area contributed by atoms with Gasteiger partial charge in [0.05, 0.1) is 11.9 Å². The molecule has 0 aliphatic carbocycles. The molecule has 5 aromatic rings. The second kappa shape index (κ2) is 7.96. The van der Waals surface area contributed by atoms with Crippen LogP contribution in [0.3, 0.4) is 0 Å². The maximum absolute atomic E-state index is 4.67. The third-order valence-electron chi connectivity index (χ3n) is 5.38. The van der Waals surface area contributed by atoms with Gasteiger partial charge in [0.25, 0.3) is 0 Å². The number of benzene rings is 2. The fourth-order valence-corrected chi connectivity index (χ4v) is 4.55. The van der Waals surface area contributed by atoms with E-state index in [2.05, 4.69) is 81.2 Å². The Morgan fingerprint density at radius 1 is 0.968 bits per heavy atom. The molecule has 0 saturated carbocycles. The summed E-state index contributed by atoms with van der Waals surface area (Å²) in [5.41, 5.74) is 5.49. The molecule has 3 heterocycles. The molecule has 1 N–H and O–H groups in total. The molecular weight excluding hydrogens is 402 g/mol.